The highest BCUT2D eigenvalue weighted by Gasteiger charge is 2.27. The van der Waals surface area contributed by atoms with Crippen LogP contribution in [0.1, 0.15) is 24.0 Å². The second kappa shape index (κ2) is 8.43. The Morgan fingerprint density at radius 3 is 2.48 bits per heavy atom. The lowest BCUT2D eigenvalue weighted by molar-refractivity contribution is -0.120. The van der Waals surface area contributed by atoms with Gasteiger partial charge in [-0.25, -0.2) is 9.97 Å². The molecule has 3 aromatic rings. The van der Waals surface area contributed by atoms with Gasteiger partial charge in [0.1, 0.15) is 0 Å². The van der Waals surface area contributed by atoms with Crippen LogP contribution in [0.2, 0.25) is 0 Å². The van der Waals surface area contributed by atoms with Gasteiger partial charge in [-0.15, -0.1) is 0 Å². The number of nitrogens with zero attached hydrogens (tertiary/aromatic N) is 3. The van der Waals surface area contributed by atoms with Crippen molar-refractivity contribution in [3.8, 4) is 11.1 Å². The number of hydrogen-bond acceptors (Lipinski definition) is 4. The predicted octanol–water partition coefficient (Wildman–Crippen LogP) is 4.62. The van der Waals surface area contributed by atoms with Gasteiger partial charge in [0.05, 0.1) is 5.92 Å². The van der Waals surface area contributed by atoms with Crippen LogP contribution in [0.4, 0.5) is 11.6 Å². The van der Waals surface area contributed by atoms with Crippen LogP contribution in [-0.2, 0) is 4.79 Å². The monoisotopic (exact) mass is 386 g/mol. The van der Waals surface area contributed by atoms with Gasteiger partial charge in [-0.3, -0.25) is 4.79 Å². The zero-order valence-corrected chi connectivity index (χ0v) is 16.9. The van der Waals surface area contributed by atoms with Crippen LogP contribution in [0.3, 0.4) is 0 Å². The fourth-order valence-corrected chi connectivity index (χ4v) is 3.72. The topological polar surface area (TPSA) is 58.1 Å². The summed E-state index contributed by atoms with van der Waals surface area (Å²) in [7, 11) is 0. The molecule has 0 spiro atoms. The lowest BCUT2D eigenvalue weighted by Gasteiger charge is -2.32. The van der Waals surface area contributed by atoms with E-state index < -0.39 is 0 Å². The molecule has 4 rings (SSSR count). The number of carbonyl (C=O) groups is 1. The molecule has 1 aromatic heterocycles. The van der Waals surface area contributed by atoms with E-state index in [0.717, 1.165) is 41.8 Å². The van der Waals surface area contributed by atoms with E-state index in [1.807, 2.05) is 43.6 Å². The summed E-state index contributed by atoms with van der Waals surface area (Å²) in [5, 5.41) is 3.05. The highest BCUT2D eigenvalue weighted by molar-refractivity contribution is 5.93. The average molecular weight is 386 g/mol. The van der Waals surface area contributed by atoms with Crippen molar-refractivity contribution in [2.24, 2.45) is 5.92 Å². The SMILES string of the molecule is Cc1ccc(-c2cnc(N3CCCC(C(=O)Nc4cccc(C)c4)C3)nc2)cc1. The summed E-state index contributed by atoms with van der Waals surface area (Å²) < 4.78 is 0. The first kappa shape index (κ1) is 19.1. The first-order valence-corrected chi connectivity index (χ1v) is 10.1. The summed E-state index contributed by atoms with van der Waals surface area (Å²) in [6.45, 7) is 5.61. The van der Waals surface area contributed by atoms with Gasteiger partial charge in [0.15, 0.2) is 0 Å². The minimum absolute atomic E-state index is 0.0652. The van der Waals surface area contributed by atoms with E-state index in [-0.39, 0.29) is 11.8 Å². The number of piperidine rings is 1. The van der Waals surface area contributed by atoms with Crippen LogP contribution < -0.4 is 10.2 Å². The van der Waals surface area contributed by atoms with Gasteiger partial charge in [-0.2, -0.15) is 0 Å². The Labute approximate surface area is 171 Å². The summed E-state index contributed by atoms with van der Waals surface area (Å²) in [6, 6.07) is 16.2. The van der Waals surface area contributed by atoms with Gasteiger partial charge in [0.2, 0.25) is 11.9 Å². The maximum Gasteiger partial charge on any atom is 0.229 e. The van der Waals surface area contributed by atoms with E-state index in [1.165, 1.54) is 5.56 Å². The maximum absolute atomic E-state index is 12.7. The summed E-state index contributed by atoms with van der Waals surface area (Å²) in [5.41, 5.74) is 5.33. The molecule has 1 fully saturated rings. The summed E-state index contributed by atoms with van der Waals surface area (Å²) in [5.74, 6) is 0.690. The second-order valence-corrected chi connectivity index (χ2v) is 7.78. The van der Waals surface area contributed by atoms with E-state index in [2.05, 4.69) is 51.4 Å². The molecule has 0 saturated carbocycles. The largest absolute Gasteiger partial charge is 0.340 e. The van der Waals surface area contributed by atoms with Crippen LogP contribution in [0, 0.1) is 19.8 Å². The van der Waals surface area contributed by atoms with E-state index in [0.29, 0.717) is 12.5 Å². The summed E-state index contributed by atoms with van der Waals surface area (Å²) >= 11 is 0. The first-order chi connectivity index (χ1) is 14.1. The van der Waals surface area contributed by atoms with Gasteiger partial charge >= 0.3 is 0 Å². The van der Waals surface area contributed by atoms with Crippen molar-refractivity contribution in [2.75, 3.05) is 23.3 Å². The third kappa shape index (κ3) is 4.62. The van der Waals surface area contributed by atoms with Crippen molar-refractivity contribution < 1.29 is 4.79 Å². The van der Waals surface area contributed by atoms with Crippen molar-refractivity contribution in [3.05, 3.63) is 72.1 Å². The van der Waals surface area contributed by atoms with Crippen LogP contribution >= 0.6 is 0 Å². The number of anilines is 2. The molecule has 5 heteroatoms. The Morgan fingerprint density at radius 1 is 1.00 bits per heavy atom. The lowest BCUT2D eigenvalue weighted by atomic mass is 9.97. The zero-order chi connectivity index (χ0) is 20.2. The number of aryl methyl sites for hydroxylation is 2. The number of carbonyl (C=O) groups excluding carboxylic acids is 1. The van der Waals surface area contributed by atoms with Crippen molar-refractivity contribution in [3.63, 3.8) is 0 Å². The second-order valence-electron chi connectivity index (χ2n) is 7.78. The molecule has 148 valence electrons. The van der Waals surface area contributed by atoms with Crippen LogP contribution in [-0.4, -0.2) is 29.0 Å². The molecule has 1 atom stereocenters. The minimum Gasteiger partial charge on any atom is -0.340 e. The number of amides is 1. The highest BCUT2D eigenvalue weighted by atomic mass is 16.1. The standard InChI is InChI=1S/C24H26N4O/c1-17-8-10-19(11-9-17)21-14-25-24(26-15-21)28-12-4-6-20(16-28)23(29)27-22-7-3-5-18(2)13-22/h3,5,7-11,13-15,20H,4,6,12,16H2,1-2H3,(H,27,29). The molecule has 5 nitrogen and oxygen atoms in total. The number of rotatable bonds is 4. The summed E-state index contributed by atoms with van der Waals surface area (Å²) in [6.07, 6.45) is 5.57. The molecule has 0 aliphatic carbocycles. The van der Waals surface area contributed by atoms with Crippen molar-refractivity contribution >= 4 is 17.5 Å². The van der Waals surface area contributed by atoms with Gasteiger partial charge in [-0.05, 0) is 49.9 Å². The average Bonchev–Trinajstić information content (AvgIpc) is 2.74. The van der Waals surface area contributed by atoms with Crippen molar-refractivity contribution in [2.45, 2.75) is 26.7 Å². The lowest BCUT2D eigenvalue weighted by Crippen LogP contribution is -2.41. The number of nitrogens with one attached hydrogen (secondary N) is 1. The molecule has 29 heavy (non-hydrogen) atoms. The fraction of sp³-hybridized carbons (Fsp3) is 0.292. The van der Waals surface area contributed by atoms with Crippen molar-refractivity contribution in [1.82, 2.24) is 9.97 Å². The normalized spacial score (nSPS) is 16.5. The Kier molecular flexibility index (Phi) is 5.56. The fourth-order valence-electron chi connectivity index (χ4n) is 3.72. The number of aromatic nitrogens is 2. The maximum atomic E-state index is 12.7. The highest BCUT2D eigenvalue weighted by Crippen LogP contribution is 2.24. The molecular formula is C24H26N4O. The Bertz CT molecular complexity index is 983. The zero-order valence-electron chi connectivity index (χ0n) is 16.9. The van der Waals surface area contributed by atoms with Gasteiger partial charge in [0, 0.05) is 36.7 Å². The molecule has 1 amide bonds. The van der Waals surface area contributed by atoms with Gasteiger partial charge < -0.3 is 10.2 Å². The Morgan fingerprint density at radius 2 is 1.76 bits per heavy atom. The minimum atomic E-state index is -0.0652. The van der Waals surface area contributed by atoms with Crippen LogP contribution in [0.15, 0.2) is 60.9 Å². The van der Waals surface area contributed by atoms with Gasteiger partial charge in [0.25, 0.3) is 0 Å². The van der Waals surface area contributed by atoms with E-state index in [1.54, 1.807) is 0 Å². The van der Waals surface area contributed by atoms with Crippen LogP contribution in [0.5, 0.6) is 0 Å². The Hall–Kier alpha value is -3.21. The molecule has 1 aliphatic heterocycles. The smallest absolute Gasteiger partial charge is 0.229 e. The molecule has 0 radical (unpaired) electrons. The number of hydrogen-bond donors (Lipinski definition) is 1. The van der Waals surface area contributed by atoms with Crippen LogP contribution in [0.25, 0.3) is 11.1 Å². The molecule has 2 aromatic carbocycles. The molecular weight excluding hydrogens is 360 g/mol. The molecule has 1 unspecified atom stereocenters. The first-order valence-electron chi connectivity index (χ1n) is 10.1. The predicted molar refractivity (Wildman–Crippen MR) is 117 cm³/mol. The van der Waals surface area contributed by atoms with Crippen molar-refractivity contribution in [1.29, 1.82) is 0 Å². The van der Waals surface area contributed by atoms with E-state index in [9.17, 15) is 4.79 Å². The summed E-state index contributed by atoms with van der Waals surface area (Å²) in [4.78, 5) is 24.0. The Balaban J connectivity index is 1.42. The molecule has 2 heterocycles. The molecule has 1 aliphatic rings. The van der Waals surface area contributed by atoms with E-state index >= 15 is 0 Å². The van der Waals surface area contributed by atoms with Gasteiger partial charge in [-0.1, -0.05) is 42.0 Å². The number of benzene rings is 2. The molecule has 0 bridgehead atoms. The quantitative estimate of drug-likeness (QED) is 0.711. The molecule has 1 N–H and O–H groups in total. The third-order valence-corrected chi connectivity index (χ3v) is 5.38. The molecule has 1 saturated heterocycles. The third-order valence-electron chi connectivity index (χ3n) is 5.38. The van der Waals surface area contributed by atoms with E-state index in [4.69, 9.17) is 0 Å².